The second kappa shape index (κ2) is 12.9. The molecule has 242 valence electrons. The minimum Gasteiger partial charge on any atom is -0.344 e. The Hall–Kier alpha value is -5.61. The smallest absolute Gasteiger partial charge is 0.334 e. The van der Waals surface area contributed by atoms with Gasteiger partial charge in [0.2, 0.25) is 0 Å². The summed E-state index contributed by atoms with van der Waals surface area (Å²) in [5.74, 6) is -1.31. The minimum atomic E-state index is -0.738. The summed E-state index contributed by atoms with van der Waals surface area (Å²) in [4.78, 5) is 47.8. The number of para-hydroxylation sites is 1. The Morgan fingerprint density at radius 3 is 1.85 bits per heavy atom. The standard InChI is InChI=1S/C38H33F2N5O3/c1-24-31(32(25-8-4-2-5-9-25)33-35(41-24)45(38(48)42-36(33)46)30-10-6-3-7-11-30)37(47)44-22-20-43(21-23-44)34(26-12-16-28(39)17-13-26)27-14-18-29(40)19-15-27/h2-19,32,34,41H,20-23H2,1H3,(H,42,46,48). The van der Waals surface area contributed by atoms with E-state index in [0.29, 0.717) is 49.0 Å². The Morgan fingerprint density at radius 2 is 1.29 bits per heavy atom. The Bertz CT molecular complexity index is 2060. The number of nitrogens with one attached hydrogen (secondary N) is 2. The number of fused-ring (bicyclic) bond motifs is 1. The lowest BCUT2D eigenvalue weighted by Crippen LogP contribution is -2.51. The molecule has 2 aliphatic rings. The Kier molecular flexibility index (Phi) is 8.33. The van der Waals surface area contributed by atoms with Crippen LogP contribution in [0, 0.1) is 11.6 Å². The van der Waals surface area contributed by atoms with Crippen LogP contribution in [0.25, 0.3) is 5.69 Å². The number of allylic oxidation sites excluding steroid dienone is 1. The van der Waals surface area contributed by atoms with Gasteiger partial charge in [-0.25, -0.2) is 18.1 Å². The summed E-state index contributed by atoms with van der Waals surface area (Å²) in [5, 5.41) is 3.26. The van der Waals surface area contributed by atoms with Crippen LogP contribution >= 0.6 is 0 Å². The minimum absolute atomic E-state index is 0.212. The van der Waals surface area contributed by atoms with Crippen molar-refractivity contribution in [2.24, 2.45) is 0 Å². The lowest BCUT2D eigenvalue weighted by Gasteiger charge is -2.41. The molecule has 48 heavy (non-hydrogen) atoms. The second-order valence-corrected chi connectivity index (χ2v) is 12.0. The van der Waals surface area contributed by atoms with E-state index in [-0.39, 0.29) is 29.1 Å². The summed E-state index contributed by atoms with van der Waals surface area (Å²) in [5.41, 5.74) is 3.17. The molecule has 1 amide bonds. The number of amides is 1. The van der Waals surface area contributed by atoms with Gasteiger partial charge in [-0.1, -0.05) is 72.8 Å². The lowest BCUT2D eigenvalue weighted by molar-refractivity contribution is -0.129. The van der Waals surface area contributed by atoms with E-state index in [4.69, 9.17) is 0 Å². The van der Waals surface area contributed by atoms with Gasteiger partial charge in [-0.05, 0) is 60.0 Å². The van der Waals surface area contributed by atoms with Crippen molar-refractivity contribution in [3.05, 3.63) is 175 Å². The second-order valence-electron chi connectivity index (χ2n) is 12.0. The Labute approximate surface area is 275 Å². The highest BCUT2D eigenvalue weighted by molar-refractivity contribution is 5.98. The first-order chi connectivity index (χ1) is 23.3. The molecule has 1 atom stereocenters. The fourth-order valence-electron chi connectivity index (χ4n) is 6.89. The third kappa shape index (κ3) is 5.75. The molecule has 0 aliphatic carbocycles. The van der Waals surface area contributed by atoms with Crippen molar-refractivity contribution >= 4 is 11.7 Å². The van der Waals surface area contributed by atoms with Gasteiger partial charge in [-0.15, -0.1) is 0 Å². The largest absolute Gasteiger partial charge is 0.344 e. The maximum atomic E-state index is 14.5. The zero-order valence-corrected chi connectivity index (χ0v) is 26.2. The molecule has 0 saturated carbocycles. The number of piperazine rings is 1. The first kappa shape index (κ1) is 31.0. The molecule has 7 rings (SSSR count). The number of hydrogen-bond acceptors (Lipinski definition) is 5. The molecule has 0 radical (unpaired) electrons. The van der Waals surface area contributed by atoms with Crippen LogP contribution in [0.15, 0.2) is 130 Å². The number of carbonyl (C=O) groups is 1. The van der Waals surface area contributed by atoms with Crippen LogP contribution in [0.5, 0.6) is 0 Å². The van der Waals surface area contributed by atoms with Crippen molar-refractivity contribution in [3.63, 3.8) is 0 Å². The van der Waals surface area contributed by atoms with Gasteiger partial charge in [0.1, 0.15) is 17.5 Å². The van der Waals surface area contributed by atoms with Crippen LogP contribution < -0.4 is 16.6 Å². The molecule has 1 unspecified atom stereocenters. The molecule has 5 aromatic rings. The molecule has 0 bridgehead atoms. The molecule has 2 aliphatic heterocycles. The zero-order valence-electron chi connectivity index (χ0n) is 26.2. The van der Waals surface area contributed by atoms with Gasteiger partial charge >= 0.3 is 5.69 Å². The number of H-pyrrole nitrogens is 1. The number of halogens is 2. The van der Waals surface area contributed by atoms with E-state index < -0.39 is 17.2 Å². The van der Waals surface area contributed by atoms with Crippen molar-refractivity contribution in [3.8, 4) is 5.69 Å². The summed E-state index contributed by atoms with van der Waals surface area (Å²) in [6.07, 6.45) is 0. The predicted octanol–water partition coefficient (Wildman–Crippen LogP) is 5.57. The number of rotatable bonds is 6. The molecule has 1 fully saturated rings. The third-order valence-electron chi connectivity index (χ3n) is 9.15. The predicted molar refractivity (Wildman–Crippen MR) is 180 cm³/mol. The van der Waals surface area contributed by atoms with Crippen LogP contribution in [0.1, 0.15) is 41.1 Å². The highest BCUT2D eigenvalue weighted by atomic mass is 19.1. The van der Waals surface area contributed by atoms with Gasteiger partial charge in [0, 0.05) is 37.4 Å². The fraction of sp³-hybridized carbons (Fsp3) is 0.184. The average molecular weight is 646 g/mol. The maximum Gasteiger partial charge on any atom is 0.334 e. The van der Waals surface area contributed by atoms with Crippen molar-refractivity contribution in [2.45, 2.75) is 18.9 Å². The van der Waals surface area contributed by atoms with Crippen LogP contribution in [-0.4, -0.2) is 51.4 Å². The topological polar surface area (TPSA) is 90.4 Å². The summed E-state index contributed by atoms with van der Waals surface area (Å²) < 4.78 is 29.1. The molecule has 1 aromatic heterocycles. The monoisotopic (exact) mass is 645 g/mol. The number of aromatic nitrogens is 2. The van der Waals surface area contributed by atoms with E-state index in [9.17, 15) is 23.2 Å². The maximum absolute atomic E-state index is 14.5. The zero-order chi connectivity index (χ0) is 33.4. The number of nitrogens with zero attached hydrogens (tertiary/aromatic N) is 3. The van der Waals surface area contributed by atoms with E-state index in [0.717, 1.165) is 16.7 Å². The summed E-state index contributed by atoms with van der Waals surface area (Å²) in [6, 6.07) is 30.7. The van der Waals surface area contributed by atoms with E-state index in [1.165, 1.54) is 28.8 Å². The number of anilines is 1. The molecule has 3 heterocycles. The highest BCUT2D eigenvalue weighted by Crippen LogP contribution is 2.41. The molecule has 8 nitrogen and oxygen atoms in total. The number of benzene rings is 4. The summed E-state index contributed by atoms with van der Waals surface area (Å²) in [7, 11) is 0. The normalized spacial score (nSPS) is 16.5. The van der Waals surface area contributed by atoms with Crippen LogP contribution in [0.3, 0.4) is 0 Å². The van der Waals surface area contributed by atoms with E-state index in [1.54, 1.807) is 48.2 Å². The fourth-order valence-corrected chi connectivity index (χ4v) is 6.89. The van der Waals surface area contributed by atoms with Crippen molar-refractivity contribution in [1.29, 1.82) is 0 Å². The molecule has 1 saturated heterocycles. The van der Waals surface area contributed by atoms with Gasteiger partial charge in [-0.2, -0.15) is 0 Å². The molecule has 0 spiro atoms. The van der Waals surface area contributed by atoms with Gasteiger partial charge in [0.15, 0.2) is 0 Å². The number of carbonyl (C=O) groups excluding carboxylic acids is 1. The Balaban J connectivity index is 1.23. The Morgan fingerprint density at radius 1 is 0.750 bits per heavy atom. The summed E-state index contributed by atoms with van der Waals surface area (Å²) >= 11 is 0. The summed E-state index contributed by atoms with van der Waals surface area (Å²) in [6.45, 7) is 3.59. The SMILES string of the molecule is CC1=C(C(=O)N2CCN(C(c3ccc(F)cc3)c3ccc(F)cc3)CC2)C(c2ccccc2)c2c(n(-c3ccccc3)c(=O)[nH]c2=O)N1. The van der Waals surface area contributed by atoms with Crippen molar-refractivity contribution in [1.82, 2.24) is 19.4 Å². The highest BCUT2D eigenvalue weighted by Gasteiger charge is 2.39. The first-order valence-electron chi connectivity index (χ1n) is 15.8. The quantitative estimate of drug-likeness (QED) is 0.252. The van der Waals surface area contributed by atoms with Crippen LogP contribution in [-0.2, 0) is 4.79 Å². The molecule has 2 N–H and O–H groups in total. The average Bonchev–Trinajstić information content (AvgIpc) is 3.10. The third-order valence-corrected chi connectivity index (χ3v) is 9.15. The van der Waals surface area contributed by atoms with Crippen molar-refractivity contribution < 1.29 is 13.6 Å². The van der Waals surface area contributed by atoms with Gasteiger partial charge < -0.3 is 10.2 Å². The van der Waals surface area contributed by atoms with Crippen molar-refractivity contribution in [2.75, 3.05) is 31.5 Å². The van der Waals surface area contributed by atoms with Crippen LogP contribution in [0.4, 0.5) is 14.6 Å². The van der Waals surface area contributed by atoms with E-state index >= 15 is 0 Å². The lowest BCUT2D eigenvalue weighted by atomic mass is 9.81. The molecular weight excluding hydrogens is 612 g/mol. The number of hydrogen-bond donors (Lipinski definition) is 2. The van der Waals surface area contributed by atoms with E-state index in [2.05, 4.69) is 15.2 Å². The van der Waals surface area contributed by atoms with E-state index in [1.807, 2.05) is 48.5 Å². The molecule has 10 heteroatoms. The van der Waals surface area contributed by atoms with Gasteiger partial charge in [0.05, 0.1) is 23.2 Å². The van der Waals surface area contributed by atoms with Crippen LogP contribution in [0.2, 0.25) is 0 Å². The van der Waals surface area contributed by atoms with Gasteiger partial charge in [-0.3, -0.25) is 19.5 Å². The molecule has 4 aromatic carbocycles. The number of aromatic amines is 1. The molecular formula is C38H33F2N5O3. The van der Waals surface area contributed by atoms with Gasteiger partial charge in [0.25, 0.3) is 11.5 Å². The first-order valence-corrected chi connectivity index (χ1v) is 15.8.